The highest BCUT2D eigenvalue weighted by Gasteiger charge is 2.51. The maximum absolute atomic E-state index is 12.4. The van der Waals surface area contributed by atoms with Gasteiger partial charge >= 0.3 is 0 Å². The predicted molar refractivity (Wildman–Crippen MR) is 81.2 cm³/mol. The van der Waals surface area contributed by atoms with E-state index >= 15 is 0 Å². The molecule has 3 aliphatic heterocycles. The normalized spacial score (nSPS) is 25.2. The number of ether oxygens (including phenoxy) is 1. The first-order chi connectivity index (χ1) is 10.3. The van der Waals surface area contributed by atoms with Gasteiger partial charge in [0.1, 0.15) is 0 Å². The number of nitrogens with one attached hydrogen (secondary N) is 1. The van der Waals surface area contributed by atoms with E-state index in [2.05, 4.69) is 22.3 Å². The molecule has 4 heteroatoms. The summed E-state index contributed by atoms with van der Waals surface area (Å²) in [6.07, 6.45) is 3.22. The molecule has 0 unspecified atom stereocenters. The number of hydrogen-bond donors (Lipinski definition) is 1. The lowest BCUT2D eigenvalue weighted by Gasteiger charge is -2.52. The van der Waals surface area contributed by atoms with E-state index in [1.807, 2.05) is 12.1 Å². The van der Waals surface area contributed by atoms with Crippen LogP contribution in [0.15, 0.2) is 24.3 Å². The van der Waals surface area contributed by atoms with Gasteiger partial charge in [0.25, 0.3) is 0 Å². The number of fused-ring (bicyclic) bond motifs is 1. The van der Waals surface area contributed by atoms with Crippen LogP contribution in [0.5, 0.6) is 0 Å². The Bertz CT molecular complexity index is 545. The van der Waals surface area contributed by atoms with Gasteiger partial charge in [0.2, 0.25) is 5.91 Å². The summed E-state index contributed by atoms with van der Waals surface area (Å²) in [6, 6.07) is 8.17. The van der Waals surface area contributed by atoms with Gasteiger partial charge in [-0.2, -0.15) is 0 Å². The zero-order chi connectivity index (χ0) is 14.3. The predicted octanol–water partition coefficient (Wildman–Crippen LogP) is 1.91. The van der Waals surface area contributed by atoms with Crippen molar-refractivity contribution in [3.63, 3.8) is 0 Å². The molecule has 0 aromatic heterocycles. The molecular weight excluding hydrogens is 264 g/mol. The SMILES string of the molecule is O=C1Nc2ccccc2CC12CN(CC1CCOCC1)C2. The Labute approximate surface area is 125 Å². The third-order valence-corrected chi connectivity index (χ3v) is 5.19. The smallest absolute Gasteiger partial charge is 0.233 e. The van der Waals surface area contributed by atoms with Crippen LogP contribution in [0.2, 0.25) is 0 Å². The molecule has 0 aliphatic carbocycles. The maximum atomic E-state index is 12.4. The second kappa shape index (κ2) is 5.11. The number of rotatable bonds is 2. The maximum Gasteiger partial charge on any atom is 0.233 e. The molecular formula is C17H22N2O2. The summed E-state index contributed by atoms with van der Waals surface area (Å²) in [4.78, 5) is 14.9. The van der Waals surface area contributed by atoms with Gasteiger partial charge in [-0.3, -0.25) is 4.79 Å². The Balaban J connectivity index is 1.40. The van der Waals surface area contributed by atoms with Gasteiger partial charge in [-0.05, 0) is 36.8 Å². The average molecular weight is 286 g/mol. The lowest BCUT2D eigenvalue weighted by atomic mass is 9.71. The summed E-state index contributed by atoms with van der Waals surface area (Å²) in [6.45, 7) is 4.74. The number of para-hydroxylation sites is 1. The molecule has 1 amide bonds. The van der Waals surface area contributed by atoms with Crippen LogP contribution in [0.3, 0.4) is 0 Å². The van der Waals surface area contributed by atoms with E-state index < -0.39 is 0 Å². The first-order valence-electron chi connectivity index (χ1n) is 7.95. The summed E-state index contributed by atoms with van der Waals surface area (Å²) in [5, 5.41) is 3.09. The molecule has 4 nitrogen and oxygen atoms in total. The fraction of sp³-hybridized carbons (Fsp3) is 0.588. The van der Waals surface area contributed by atoms with Crippen molar-refractivity contribution in [1.29, 1.82) is 0 Å². The van der Waals surface area contributed by atoms with E-state index in [9.17, 15) is 4.79 Å². The monoisotopic (exact) mass is 286 g/mol. The molecule has 0 radical (unpaired) electrons. The van der Waals surface area contributed by atoms with Crippen molar-refractivity contribution in [3.8, 4) is 0 Å². The number of benzene rings is 1. The topological polar surface area (TPSA) is 41.6 Å². The van der Waals surface area contributed by atoms with Gasteiger partial charge in [0.05, 0.1) is 5.41 Å². The summed E-state index contributed by atoms with van der Waals surface area (Å²) in [5.41, 5.74) is 2.10. The van der Waals surface area contributed by atoms with E-state index in [1.54, 1.807) is 0 Å². The van der Waals surface area contributed by atoms with Crippen LogP contribution in [-0.4, -0.2) is 43.7 Å². The molecule has 3 aliphatic rings. The molecule has 1 aromatic carbocycles. The number of anilines is 1. The number of amides is 1. The fourth-order valence-corrected chi connectivity index (χ4v) is 3.98. The number of likely N-dealkylation sites (tertiary alicyclic amines) is 1. The van der Waals surface area contributed by atoms with E-state index in [-0.39, 0.29) is 11.3 Å². The van der Waals surface area contributed by atoms with Crippen molar-refractivity contribution in [2.45, 2.75) is 19.3 Å². The van der Waals surface area contributed by atoms with Crippen LogP contribution >= 0.6 is 0 Å². The van der Waals surface area contributed by atoms with E-state index in [1.165, 1.54) is 18.4 Å². The van der Waals surface area contributed by atoms with Crippen LogP contribution in [0.25, 0.3) is 0 Å². The molecule has 1 N–H and O–H groups in total. The van der Waals surface area contributed by atoms with Crippen molar-refractivity contribution in [2.24, 2.45) is 11.3 Å². The van der Waals surface area contributed by atoms with Gasteiger partial charge in [-0.15, -0.1) is 0 Å². The highest BCUT2D eigenvalue weighted by Crippen LogP contribution is 2.41. The van der Waals surface area contributed by atoms with E-state index in [4.69, 9.17) is 4.74 Å². The summed E-state index contributed by atoms with van der Waals surface area (Å²) in [5.74, 6) is 0.958. The Morgan fingerprint density at radius 3 is 2.81 bits per heavy atom. The summed E-state index contributed by atoms with van der Waals surface area (Å²) >= 11 is 0. The molecule has 2 fully saturated rings. The zero-order valence-electron chi connectivity index (χ0n) is 12.3. The number of nitrogens with zero attached hydrogens (tertiary/aromatic N) is 1. The minimum absolute atomic E-state index is 0.181. The highest BCUT2D eigenvalue weighted by molar-refractivity contribution is 5.99. The molecule has 1 aromatic rings. The van der Waals surface area contributed by atoms with Crippen LogP contribution in [0.4, 0.5) is 5.69 Å². The Kier molecular flexibility index (Phi) is 3.23. The molecule has 0 saturated carbocycles. The van der Waals surface area contributed by atoms with Gasteiger partial charge in [0.15, 0.2) is 0 Å². The van der Waals surface area contributed by atoms with Crippen LogP contribution in [-0.2, 0) is 16.0 Å². The molecule has 4 rings (SSSR count). The standard InChI is InChI=1S/C17H22N2O2/c20-16-17(9-14-3-1-2-4-15(14)18-16)11-19(12-17)10-13-5-7-21-8-6-13/h1-4,13H,5-12H2,(H,18,20). The van der Waals surface area contributed by atoms with Gasteiger partial charge in [0, 0.05) is 38.5 Å². The third-order valence-electron chi connectivity index (χ3n) is 5.19. The molecule has 0 bridgehead atoms. The second-order valence-electron chi connectivity index (χ2n) is 6.79. The highest BCUT2D eigenvalue weighted by atomic mass is 16.5. The lowest BCUT2D eigenvalue weighted by Crippen LogP contribution is -2.64. The Morgan fingerprint density at radius 1 is 1.24 bits per heavy atom. The second-order valence-corrected chi connectivity index (χ2v) is 6.79. The quantitative estimate of drug-likeness (QED) is 0.903. The molecule has 1 spiro atoms. The average Bonchev–Trinajstić information content (AvgIpc) is 2.47. The van der Waals surface area contributed by atoms with Gasteiger partial charge in [-0.1, -0.05) is 18.2 Å². The van der Waals surface area contributed by atoms with Gasteiger partial charge in [-0.25, -0.2) is 0 Å². The molecule has 112 valence electrons. The molecule has 0 atom stereocenters. The van der Waals surface area contributed by atoms with Crippen molar-refractivity contribution in [1.82, 2.24) is 4.90 Å². The lowest BCUT2D eigenvalue weighted by molar-refractivity contribution is -0.137. The summed E-state index contributed by atoms with van der Waals surface area (Å²) < 4.78 is 5.42. The van der Waals surface area contributed by atoms with Crippen LogP contribution < -0.4 is 5.32 Å². The van der Waals surface area contributed by atoms with E-state index in [0.717, 1.165) is 50.9 Å². The van der Waals surface area contributed by atoms with Crippen molar-refractivity contribution < 1.29 is 9.53 Å². The third kappa shape index (κ3) is 2.36. The first-order valence-corrected chi connectivity index (χ1v) is 7.95. The minimum atomic E-state index is -0.181. The largest absolute Gasteiger partial charge is 0.381 e. The molecule has 21 heavy (non-hydrogen) atoms. The van der Waals surface area contributed by atoms with Crippen LogP contribution in [0, 0.1) is 11.3 Å². The Hall–Kier alpha value is -1.39. The Morgan fingerprint density at radius 2 is 2.00 bits per heavy atom. The number of hydrogen-bond acceptors (Lipinski definition) is 3. The van der Waals surface area contributed by atoms with Crippen molar-refractivity contribution >= 4 is 11.6 Å². The summed E-state index contributed by atoms with van der Waals surface area (Å²) in [7, 11) is 0. The van der Waals surface area contributed by atoms with Crippen LogP contribution in [0.1, 0.15) is 18.4 Å². The van der Waals surface area contributed by atoms with Crippen molar-refractivity contribution in [3.05, 3.63) is 29.8 Å². The number of carbonyl (C=O) groups is 1. The minimum Gasteiger partial charge on any atom is -0.381 e. The molecule has 2 saturated heterocycles. The number of carbonyl (C=O) groups excluding carboxylic acids is 1. The molecule has 3 heterocycles. The fourth-order valence-electron chi connectivity index (χ4n) is 3.98. The zero-order valence-corrected chi connectivity index (χ0v) is 12.3. The van der Waals surface area contributed by atoms with Crippen molar-refractivity contribution in [2.75, 3.05) is 38.2 Å². The first kappa shape index (κ1) is 13.3. The van der Waals surface area contributed by atoms with Gasteiger partial charge < -0.3 is 15.0 Å². The van der Waals surface area contributed by atoms with E-state index in [0.29, 0.717) is 0 Å².